The van der Waals surface area contributed by atoms with Crippen LogP contribution in [0.25, 0.3) is 21.3 Å². The van der Waals surface area contributed by atoms with Crippen LogP contribution in [0, 0.1) is 4.64 Å². The average molecular weight is 286 g/mol. The molecule has 4 heteroatoms. The van der Waals surface area contributed by atoms with Crippen molar-refractivity contribution in [3.8, 4) is 11.1 Å². The van der Waals surface area contributed by atoms with Crippen molar-refractivity contribution in [1.82, 2.24) is 9.97 Å². The van der Waals surface area contributed by atoms with E-state index in [1.807, 2.05) is 0 Å². The Morgan fingerprint density at radius 3 is 2.63 bits per heavy atom. The van der Waals surface area contributed by atoms with E-state index in [-0.39, 0.29) is 0 Å². The van der Waals surface area contributed by atoms with Gasteiger partial charge in [0, 0.05) is 10.9 Å². The fourth-order valence-electron chi connectivity index (χ4n) is 2.14. The number of hydrogen-bond donors (Lipinski definition) is 1. The molecule has 0 bridgehead atoms. The molecule has 2 nitrogen and oxygen atoms in total. The van der Waals surface area contributed by atoms with Crippen molar-refractivity contribution in [3.05, 3.63) is 46.2 Å². The first-order valence-corrected chi connectivity index (χ1v) is 7.51. The smallest absolute Gasteiger partial charge is 0.128 e. The van der Waals surface area contributed by atoms with Crippen molar-refractivity contribution < 1.29 is 0 Å². The van der Waals surface area contributed by atoms with Crippen LogP contribution in [0.3, 0.4) is 0 Å². The van der Waals surface area contributed by atoms with Gasteiger partial charge >= 0.3 is 0 Å². The highest BCUT2D eigenvalue weighted by atomic mass is 32.1. The molecule has 0 spiro atoms. The molecule has 19 heavy (non-hydrogen) atoms. The van der Waals surface area contributed by atoms with Crippen LogP contribution in [-0.4, -0.2) is 9.97 Å². The number of nitrogens with one attached hydrogen (secondary N) is 1. The minimum Gasteiger partial charge on any atom is -0.337 e. The molecule has 0 fully saturated rings. The lowest BCUT2D eigenvalue weighted by molar-refractivity contribution is 0.867. The summed E-state index contributed by atoms with van der Waals surface area (Å²) in [7, 11) is 0. The van der Waals surface area contributed by atoms with E-state index in [1.54, 1.807) is 17.7 Å². The van der Waals surface area contributed by atoms with E-state index in [0.717, 1.165) is 14.9 Å². The highest BCUT2D eigenvalue weighted by Crippen LogP contribution is 2.33. The van der Waals surface area contributed by atoms with Gasteiger partial charge in [-0.05, 0) is 17.0 Å². The zero-order valence-corrected chi connectivity index (χ0v) is 12.4. The molecule has 2 aromatic heterocycles. The van der Waals surface area contributed by atoms with Crippen LogP contribution >= 0.6 is 23.6 Å². The highest BCUT2D eigenvalue weighted by Gasteiger charge is 2.09. The third-order valence-electron chi connectivity index (χ3n) is 3.26. The first kappa shape index (κ1) is 12.5. The van der Waals surface area contributed by atoms with Gasteiger partial charge in [-0.3, -0.25) is 0 Å². The van der Waals surface area contributed by atoms with Crippen molar-refractivity contribution >= 4 is 33.8 Å². The van der Waals surface area contributed by atoms with Gasteiger partial charge in [0.25, 0.3) is 0 Å². The van der Waals surface area contributed by atoms with Crippen molar-refractivity contribution in [2.24, 2.45) is 0 Å². The maximum atomic E-state index is 5.37. The third kappa shape index (κ3) is 2.22. The SMILES string of the molecule is CC(C)c1ccc(-c2csc3nc[nH]c(=S)c23)cc1. The Kier molecular flexibility index (Phi) is 3.21. The maximum Gasteiger partial charge on any atom is 0.128 e. The maximum absolute atomic E-state index is 5.37. The van der Waals surface area contributed by atoms with E-state index < -0.39 is 0 Å². The van der Waals surface area contributed by atoms with Crippen molar-refractivity contribution in [2.45, 2.75) is 19.8 Å². The third-order valence-corrected chi connectivity index (χ3v) is 4.47. The van der Waals surface area contributed by atoms with Crippen LogP contribution in [0.15, 0.2) is 36.0 Å². The summed E-state index contributed by atoms with van der Waals surface area (Å²) in [4.78, 5) is 8.33. The Hall–Kier alpha value is -1.52. The largest absolute Gasteiger partial charge is 0.337 e. The second kappa shape index (κ2) is 4.87. The van der Waals surface area contributed by atoms with Crippen molar-refractivity contribution in [1.29, 1.82) is 0 Å². The number of rotatable bonds is 2. The zero-order chi connectivity index (χ0) is 13.4. The Bertz CT molecular complexity index is 767. The number of benzene rings is 1. The lowest BCUT2D eigenvalue weighted by atomic mass is 9.99. The summed E-state index contributed by atoms with van der Waals surface area (Å²) in [6.07, 6.45) is 1.66. The lowest BCUT2D eigenvalue weighted by Crippen LogP contribution is -1.87. The summed E-state index contributed by atoms with van der Waals surface area (Å²) in [5.74, 6) is 0.554. The second-order valence-corrected chi connectivity index (χ2v) is 6.10. The summed E-state index contributed by atoms with van der Waals surface area (Å²) in [5.41, 5.74) is 3.72. The summed E-state index contributed by atoms with van der Waals surface area (Å²) < 4.78 is 0.759. The van der Waals surface area contributed by atoms with E-state index in [1.165, 1.54) is 16.7 Å². The van der Waals surface area contributed by atoms with Gasteiger partial charge in [-0.1, -0.05) is 50.3 Å². The first-order valence-electron chi connectivity index (χ1n) is 6.22. The minimum atomic E-state index is 0.554. The molecule has 0 aliphatic carbocycles. The molecule has 0 unspecified atom stereocenters. The predicted molar refractivity (Wildman–Crippen MR) is 84.3 cm³/mol. The zero-order valence-electron chi connectivity index (χ0n) is 10.8. The molecule has 96 valence electrons. The Morgan fingerprint density at radius 2 is 1.95 bits per heavy atom. The normalized spacial score (nSPS) is 11.3. The number of thiophene rings is 1. The first-order chi connectivity index (χ1) is 9.16. The standard InChI is InChI=1S/C15H14N2S2/c1-9(2)10-3-5-11(6-4-10)12-7-19-15-13(12)14(18)16-8-17-15/h3-9H,1-2H3,(H,16,17,18). The number of hydrogen-bond acceptors (Lipinski definition) is 3. The van der Waals surface area contributed by atoms with Crippen LogP contribution in [0.1, 0.15) is 25.3 Å². The fourth-order valence-corrected chi connectivity index (χ4v) is 3.39. The van der Waals surface area contributed by atoms with Gasteiger partial charge in [0.15, 0.2) is 0 Å². The minimum absolute atomic E-state index is 0.554. The molecule has 0 saturated heterocycles. The summed E-state index contributed by atoms with van der Waals surface area (Å²) in [6.45, 7) is 4.41. The molecular weight excluding hydrogens is 272 g/mol. The number of H-pyrrole nitrogens is 1. The van der Waals surface area contributed by atoms with Crippen LogP contribution < -0.4 is 0 Å². The van der Waals surface area contributed by atoms with Crippen molar-refractivity contribution in [2.75, 3.05) is 0 Å². The van der Waals surface area contributed by atoms with Gasteiger partial charge in [-0.15, -0.1) is 11.3 Å². The Morgan fingerprint density at radius 1 is 1.21 bits per heavy atom. The van der Waals surface area contributed by atoms with Crippen LogP contribution in [0.2, 0.25) is 0 Å². The van der Waals surface area contributed by atoms with Gasteiger partial charge in [0.05, 0.1) is 11.7 Å². The van der Waals surface area contributed by atoms with Gasteiger partial charge in [0.2, 0.25) is 0 Å². The summed E-state index contributed by atoms with van der Waals surface area (Å²) in [5, 5.41) is 3.19. The molecule has 3 rings (SSSR count). The number of aromatic amines is 1. The van der Waals surface area contributed by atoms with Gasteiger partial charge < -0.3 is 4.98 Å². The van der Waals surface area contributed by atoms with Crippen LogP contribution in [0.4, 0.5) is 0 Å². The molecule has 0 aliphatic rings. The number of aromatic nitrogens is 2. The molecule has 1 N–H and O–H groups in total. The predicted octanol–water partition coefficient (Wildman–Crippen LogP) is 5.14. The van der Waals surface area contributed by atoms with Crippen LogP contribution in [0.5, 0.6) is 0 Å². The molecular formula is C15H14N2S2. The number of nitrogens with zero attached hydrogens (tertiary/aromatic N) is 1. The average Bonchev–Trinajstić information content (AvgIpc) is 2.84. The second-order valence-electron chi connectivity index (χ2n) is 4.84. The molecule has 0 aliphatic heterocycles. The van der Waals surface area contributed by atoms with E-state index in [2.05, 4.69) is 53.5 Å². The topological polar surface area (TPSA) is 28.7 Å². The van der Waals surface area contributed by atoms with Gasteiger partial charge in [-0.25, -0.2) is 4.98 Å². The van der Waals surface area contributed by atoms with Gasteiger partial charge in [-0.2, -0.15) is 0 Å². The lowest BCUT2D eigenvalue weighted by Gasteiger charge is -2.06. The Labute approximate surface area is 121 Å². The molecule has 0 radical (unpaired) electrons. The van der Waals surface area contributed by atoms with E-state index in [4.69, 9.17) is 12.2 Å². The fraction of sp³-hybridized carbons (Fsp3) is 0.200. The molecule has 2 heterocycles. The van der Waals surface area contributed by atoms with Crippen molar-refractivity contribution in [3.63, 3.8) is 0 Å². The molecule has 1 aromatic carbocycles. The molecule has 0 amide bonds. The summed E-state index contributed by atoms with van der Waals surface area (Å²) >= 11 is 7.01. The summed E-state index contributed by atoms with van der Waals surface area (Å²) in [6, 6.07) is 8.70. The molecule has 3 aromatic rings. The monoisotopic (exact) mass is 286 g/mol. The quantitative estimate of drug-likeness (QED) is 0.660. The van der Waals surface area contributed by atoms with E-state index in [0.29, 0.717) is 5.92 Å². The van der Waals surface area contributed by atoms with Crippen LogP contribution in [-0.2, 0) is 0 Å². The molecule has 0 saturated carbocycles. The van der Waals surface area contributed by atoms with Gasteiger partial charge in [0.1, 0.15) is 9.47 Å². The van der Waals surface area contributed by atoms with E-state index in [9.17, 15) is 0 Å². The molecule has 0 atom stereocenters. The highest BCUT2D eigenvalue weighted by molar-refractivity contribution is 7.71. The Balaban J connectivity index is 2.17. The number of fused-ring (bicyclic) bond motifs is 1. The van der Waals surface area contributed by atoms with E-state index >= 15 is 0 Å².